The molecule has 0 amide bonds. The van der Waals surface area contributed by atoms with E-state index < -0.39 is 0 Å². The fourth-order valence-electron chi connectivity index (χ4n) is 3.26. The molecule has 5 nitrogen and oxygen atoms in total. The molecule has 6 heteroatoms. The number of fused-ring (bicyclic) bond motifs is 1. The summed E-state index contributed by atoms with van der Waals surface area (Å²) in [7, 11) is 0. The van der Waals surface area contributed by atoms with Gasteiger partial charge in [-0.15, -0.1) is 11.3 Å². The Morgan fingerprint density at radius 3 is 2.57 bits per heavy atom. The minimum atomic E-state index is 0.165. The van der Waals surface area contributed by atoms with Gasteiger partial charge in [0.05, 0.1) is 11.3 Å². The molecule has 0 spiro atoms. The van der Waals surface area contributed by atoms with E-state index in [-0.39, 0.29) is 5.55 Å². The lowest BCUT2D eigenvalue weighted by atomic mass is 10.1. The first kappa shape index (κ1) is 18.3. The van der Waals surface area contributed by atoms with Gasteiger partial charge in [0.1, 0.15) is 10.6 Å². The number of hydrogen-bond acceptors (Lipinski definition) is 6. The fourth-order valence-corrected chi connectivity index (χ4v) is 4.10. The van der Waals surface area contributed by atoms with Gasteiger partial charge in [0.25, 0.3) is 5.55 Å². The third-order valence-corrected chi connectivity index (χ3v) is 5.63. The molecular formula is C22H21N3O2S. The number of hydrogen-bond donors (Lipinski definition) is 1. The lowest BCUT2D eigenvalue weighted by molar-refractivity contribution is 0.277. The average Bonchev–Trinajstić information content (AvgIpc) is 3.24. The predicted molar refractivity (Wildman–Crippen MR) is 114 cm³/mol. The molecular weight excluding hydrogens is 370 g/mol. The Balaban J connectivity index is 1.80. The quantitative estimate of drug-likeness (QED) is 0.367. The number of rotatable bonds is 5. The van der Waals surface area contributed by atoms with Gasteiger partial charge in [0, 0.05) is 41.2 Å². The highest BCUT2D eigenvalue weighted by atomic mass is 32.1. The molecule has 2 aromatic heterocycles. The van der Waals surface area contributed by atoms with Gasteiger partial charge in [-0.1, -0.05) is 30.3 Å². The Morgan fingerprint density at radius 1 is 1.07 bits per heavy atom. The smallest absolute Gasteiger partial charge is 0.265 e. The van der Waals surface area contributed by atoms with E-state index in [9.17, 15) is 5.21 Å². The van der Waals surface area contributed by atoms with E-state index in [2.05, 4.69) is 30.0 Å². The second-order valence-electron chi connectivity index (χ2n) is 6.36. The van der Waals surface area contributed by atoms with Crippen LogP contribution in [0.3, 0.4) is 0 Å². The fraction of sp³-hybridized carbons (Fsp3) is 0.182. The average molecular weight is 391 g/mol. The van der Waals surface area contributed by atoms with Crippen LogP contribution >= 0.6 is 11.3 Å². The number of nitrogens with zero attached hydrogens (tertiary/aromatic N) is 3. The Labute approximate surface area is 167 Å². The monoisotopic (exact) mass is 391 g/mol. The molecule has 0 atom stereocenters. The van der Waals surface area contributed by atoms with Gasteiger partial charge < -0.3 is 14.5 Å². The van der Waals surface area contributed by atoms with Crippen LogP contribution in [-0.2, 0) is 0 Å². The van der Waals surface area contributed by atoms with E-state index in [1.807, 2.05) is 53.9 Å². The summed E-state index contributed by atoms with van der Waals surface area (Å²) in [6.45, 7) is 6.07. The molecule has 2 aromatic carbocycles. The molecule has 142 valence electrons. The molecule has 0 saturated heterocycles. The van der Waals surface area contributed by atoms with Gasteiger partial charge in [0.15, 0.2) is 0 Å². The van der Waals surface area contributed by atoms with Crippen molar-refractivity contribution in [2.24, 2.45) is 5.16 Å². The van der Waals surface area contributed by atoms with E-state index in [1.165, 1.54) is 11.3 Å². The zero-order chi connectivity index (χ0) is 19.5. The molecule has 0 radical (unpaired) electrons. The SMILES string of the molecule is CCN(CC)c1ccc2cc(-c3nc(-c4ccccc4)cs3)/c(=N/O)oc2c1. The minimum absolute atomic E-state index is 0.165. The topological polar surface area (TPSA) is 61.9 Å². The second kappa shape index (κ2) is 7.86. The van der Waals surface area contributed by atoms with Crippen molar-refractivity contribution in [1.82, 2.24) is 4.98 Å². The van der Waals surface area contributed by atoms with Crippen LogP contribution in [0.15, 0.2) is 69.6 Å². The first-order chi connectivity index (χ1) is 13.7. The van der Waals surface area contributed by atoms with Gasteiger partial charge in [0.2, 0.25) is 0 Å². The highest BCUT2D eigenvalue weighted by molar-refractivity contribution is 7.13. The lowest BCUT2D eigenvalue weighted by Crippen LogP contribution is -2.21. The van der Waals surface area contributed by atoms with Crippen molar-refractivity contribution >= 4 is 28.0 Å². The van der Waals surface area contributed by atoms with Crippen LogP contribution in [0.4, 0.5) is 5.69 Å². The standard InChI is InChI=1S/C22H21N3O2S/c1-3-25(4-2)17-11-10-16-12-18(21(24-26)27-20(16)13-17)22-23-19(14-28-22)15-8-6-5-7-9-15/h5-14,26H,3-4H2,1-2H3/b24-21-. The summed E-state index contributed by atoms with van der Waals surface area (Å²) < 4.78 is 5.91. The van der Waals surface area contributed by atoms with Crippen molar-refractivity contribution in [3.8, 4) is 21.8 Å². The van der Waals surface area contributed by atoms with Gasteiger partial charge in [-0.2, -0.15) is 0 Å². The van der Waals surface area contributed by atoms with Gasteiger partial charge in [-0.25, -0.2) is 4.98 Å². The van der Waals surface area contributed by atoms with Crippen LogP contribution in [0.1, 0.15) is 13.8 Å². The molecule has 0 aliphatic heterocycles. The Morgan fingerprint density at radius 2 is 1.86 bits per heavy atom. The minimum Gasteiger partial charge on any atom is -0.435 e. The summed E-state index contributed by atoms with van der Waals surface area (Å²) in [6.07, 6.45) is 0. The summed E-state index contributed by atoms with van der Waals surface area (Å²) in [4.78, 5) is 6.96. The largest absolute Gasteiger partial charge is 0.435 e. The second-order valence-corrected chi connectivity index (χ2v) is 7.22. The Kier molecular flexibility index (Phi) is 5.12. The van der Waals surface area contributed by atoms with Crippen molar-refractivity contribution in [2.75, 3.05) is 18.0 Å². The molecule has 4 aromatic rings. The van der Waals surface area contributed by atoms with Crippen LogP contribution in [0.5, 0.6) is 0 Å². The van der Waals surface area contributed by atoms with Gasteiger partial charge in [-0.3, -0.25) is 0 Å². The van der Waals surface area contributed by atoms with E-state index in [0.29, 0.717) is 11.1 Å². The third kappa shape index (κ3) is 3.39. The number of aromatic nitrogens is 1. The predicted octanol–water partition coefficient (Wildman–Crippen LogP) is 5.36. The zero-order valence-corrected chi connectivity index (χ0v) is 16.6. The molecule has 0 saturated carbocycles. The van der Waals surface area contributed by atoms with E-state index in [1.54, 1.807) is 0 Å². The number of thiazole rings is 1. The summed E-state index contributed by atoms with van der Waals surface area (Å²) >= 11 is 1.50. The maximum absolute atomic E-state index is 9.53. The third-order valence-electron chi connectivity index (χ3n) is 4.76. The van der Waals surface area contributed by atoms with Gasteiger partial charge >= 0.3 is 0 Å². The molecule has 0 aliphatic rings. The Bertz CT molecular complexity index is 1160. The van der Waals surface area contributed by atoms with E-state index in [0.717, 1.165) is 40.4 Å². The first-order valence-electron chi connectivity index (χ1n) is 9.25. The Hall–Kier alpha value is -3.12. The summed E-state index contributed by atoms with van der Waals surface area (Å²) in [6, 6.07) is 18.1. The molecule has 0 unspecified atom stereocenters. The summed E-state index contributed by atoms with van der Waals surface area (Å²) in [5.41, 5.74) is 4.55. The molecule has 1 N–H and O–H groups in total. The van der Waals surface area contributed by atoms with Gasteiger partial charge in [-0.05, 0) is 37.2 Å². The van der Waals surface area contributed by atoms with Crippen molar-refractivity contribution in [3.63, 3.8) is 0 Å². The normalized spacial score (nSPS) is 11.9. The summed E-state index contributed by atoms with van der Waals surface area (Å²) in [5, 5.41) is 16.6. The number of anilines is 1. The molecule has 0 aliphatic carbocycles. The maximum Gasteiger partial charge on any atom is 0.265 e. The number of benzene rings is 2. The van der Waals surface area contributed by atoms with Crippen molar-refractivity contribution in [2.45, 2.75) is 13.8 Å². The van der Waals surface area contributed by atoms with Crippen LogP contribution in [0.25, 0.3) is 32.8 Å². The van der Waals surface area contributed by atoms with Crippen LogP contribution in [0.2, 0.25) is 0 Å². The molecule has 0 bridgehead atoms. The highest BCUT2D eigenvalue weighted by Gasteiger charge is 2.13. The van der Waals surface area contributed by atoms with Crippen LogP contribution in [-0.4, -0.2) is 23.3 Å². The highest BCUT2D eigenvalue weighted by Crippen LogP contribution is 2.30. The lowest BCUT2D eigenvalue weighted by Gasteiger charge is -2.21. The molecule has 4 rings (SSSR count). The van der Waals surface area contributed by atoms with Crippen LogP contribution < -0.4 is 10.5 Å². The first-order valence-corrected chi connectivity index (χ1v) is 10.1. The molecule has 0 fully saturated rings. The molecule has 28 heavy (non-hydrogen) atoms. The van der Waals surface area contributed by atoms with Crippen molar-refractivity contribution in [1.29, 1.82) is 0 Å². The zero-order valence-electron chi connectivity index (χ0n) is 15.8. The van der Waals surface area contributed by atoms with E-state index in [4.69, 9.17) is 9.40 Å². The van der Waals surface area contributed by atoms with E-state index >= 15 is 0 Å². The summed E-state index contributed by atoms with van der Waals surface area (Å²) in [5.74, 6) is 0. The van der Waals surface area contributed by atoms with Crippen LogP contribution in [0, 0.1) is 0 Å². The molecule has 2 heterocycles. The van der Waals surface area contributed by atoms with Crippen molar-refractivity contribution < 1.29 is 9.62 Å². The maximum atomic E-state index is 9.53. The van der Waals surface area contributed by atoms with Crippen molar-refractivity contribution in [3.05, 3.63) is 65.5 Å².